The van der Waals surface area contributed by atoms with E-state index in [0.717, 1.165) is 12.5 Å². The highest BCUT2D eigenvalue weighted by molar-refractivity contribution is 5.70. The first kappa shape index (κ1) is 16.8. The molecule has 2 aliphatic carbocycles. The van der Waals surface area contributed by atoms with Gasteiger partial charge in [-0.25, -0.2) is 4.79 Å². The van der Waals surface area contributed by atoms with Gasteiger partial charge in [-0.05, 0) is 36.0 Å². The average molecular weight is 298 g/mol. The van der Waals surface area contributed by atoms with Crippen LogP contribution in [-0.2, 0) is 14.3 Å². The lowest BCUT2D eigenvalue weighted by Crippen LogP contribution is -2.47. The summed E-state index contributed by atoms with van der Waals surface area (Å²) in [5, 5.41) is 0. The number of fused-ring (bicyclic) bond motifs is 2. The molecule has 3 atom stereocenters. The maximum absolute atomic E-state index is 11.4. The van der Waals surface area contributed by atoms with Crippen LogP contribution in [0.15, 0.2) is 0 Å². The van der Waals surface area contributed by atoms with Gasteiger partial charge in [-0.15, -0.1) is 0 Å². The molecule has 2 rings (SSSR count). The van der Waals surface area contributed by atoms with Crippen LogP contribution in [0, 0.1) is 16.7 Å². The van der Waals surface area contributed by atoms with Gasteiger partial charge in [0.15, 0.2) is 6.54 Å². The monoisotopic (exact) mass is 298 g/mol. The number of hydrogen-bond donors (Lipinski definition) is 0. The van der Waals surface area contributed by atoms with Crippen LogP contribution in [0.4, 0.5) is 0 Å². The van der Waals surface area contributed by atoms with Gasteiger partial charge in [-0.2, -0.15) is 0 Å². The van der Waals surface area contributed by atoms with Crippen molar-refractivity contribution in [1.82, 2.24) is 0 Å². The fourth-order valence-electron chi connectivity index (χ4n) is 4.32. The summed E-state index contributed by atoms with van der Waals surface area (Å²) in [7, 11) is 5.54. The molecule has 0 aromatic rings. The Morgan fingerprint density at radius 3 is 2.43 bits per heavy atom. The Morgan fingerprint density at radius 2 is 1.95 bits per heavy atom. The maximum Gasteiger partial charge on any atom is 0.361 e. The maximum atomic E-state index is 11.4. The first-order chi connectivity index (χ1) is 9.62. The van der Waals surface area contributed by atoms with Gasteiger partial charge in [0.25, 0.3) is 0 Å². The summed E-state index contributed by atoms with van der Waals surface area (Å²) >= 11 is 0. The fraction of sp³-hybridized carbons (Fsp3) is 0.941. The lowest BCUT2D eigenvalue weighted by molar-refractivity contribution is -0.883. The van der Waals surface area contributed by atoms with E-state index in [0.29, 0.717) is 34.6 Å². The molecule has 0 spiro atoms. The van der Waals surface area contributed by atoms with Crippen LogP contribution < -0.4 is 0 Å². The molecule has 2 fully saturated rings. The SMILES string of the molecule is COC(=O)C[N+](C)(C)CCO[C@@H]1C[C@H]2CC[C@]1(C)C2(C)C. The Bertz CT molecular complexity index is 405. The van der Waals surface area contributed by atoms with Gasteiger partial charge in [0.2, 0.25) is 0 Å². The number of methoxy groups -OCH3 is 1. The second-order valence-electron chi connectivity index (χ2n) is 8.36. The molecule has 0 aromatic heterocycles. The number of hydrogen-bond acceptors (Lipinski definition) is 3. The smallest absolute Gasteiger partial charge is 0.361 e. The Kier molecular flexibility index (Phi) is 4.42. The molecule has 0 saturated heterocycles. The van der Waals surface area contributed by atoms with Crippen molar-refractivity contribution >= 4 is 5.97 Å². The van der Waals surface area contributed by atoms with E-state index in [-0.39, 0.29) is 5.97 Å². The van der Waals surface area contributed by atoms with Crippen molar-refractivity contribution in [3.05, 3.63) is 0 Å². The summed E-state index contributed by atoms with van der Waals surface area (Å²) in [5.74, 6) is 0.651. The number of rotatable bonds is 6. The molecule has 0 N–H and O–H groups in total. The lowest BCUT2D eigenvalue weighted by Gasteiger charge is -2.39. The van der Waals surface area contributed by atoms with Gasteiger partial charge in [-0.3, -0.25) is 0 Å². The molecular weight excluding hydrogens is 266 g/mol. The third-order valence-electron chi connectivity index (χ3n) is 6.51. The molecule has 2 saturated carbocycles. The summed E-state index contributed by atoms with van der Waals surface area (Å²) < 4.78 is 11.6. The molecule has 2 aliphatic rings. The highest BCUT2D eigenvalue weighted by Gasteiger charge is 2.61. The van der Waals surface area contributed by atoms with Crippen LogP contribution >= 0.6 is 0 Å². The van der Waals surface area contributed by atoms with Gasteiger partial charge in [-0.1, -0.05) is 20.8 Å². The van der Waals surface area contributed by atoms with Crippen LogP contribution in [0.1, 0.15) is 40.0 Å². The van der Waals surface area contributed by atoms with Crippen molar-refractivity contribution in [2.75, 3.05) is 40.9 Å². The number of quaternary nitrogens is 1. The van der Waals surface area contributed by atoms with Gasteiger partial charge in [0, 0.05) is 0 Å². The van der Waals surface area contributed by atoms with E-state index >= 15 is 0 Å². The quantitative estimate of drug-likeness (QED) is 0.558. The van der Waals surface area contributed by atoms with Crippen LogP contribution in [0.25, 0.3) is 0 Å². The van der Waals surface area contributed by atoms with E-state index in [2.05, 4.69) is 20.8 Å². The standard InChI is InChI=1S/C17H32NO3/c1-16(2)13-7-8-17(16,3)14(11-13)21-10-9-18(4,5)12-15(19)20-6/h13-14H,7-12H2,1-6H3/q+1/t13-,14-,17+/m1/s1. The Balaban J connectivity index is 1.84. The first-order valence-electron chi connectivity index (χ1n) is 8.13. The largest absolute Gasteiger partial charge is 0.465 e. The zero-order chi connectivity index (χ0) is 15.9. The molecule has 4 heteroatoms. The minimum Gasteiger partial charge on any atom is -0.465 e. The Hall–Kier alpha value is -0.610. The van der Waals surface area contributed by atoms with Gasteiger partial charge in [0.05, 0.1) is 33.9 Å². The van der Waals surface area contributed by atoms with E-state index in [4.69, 9.17) is 9.47 Å². The third-order valence-corrected chi connectivity index (χ3v) is 6.51. The number of carbonyl (C=O) groups excluding carboxylic acids is 1. The first-order valence-corrected chi connectivity index (χ1v) is 8.13. The molecule has 0 aromatic carbocycles. The summed E-state index contributed by atoms with van der Waals surface area (Å²) in [4.78, 5) is 11.4. The second kappa shape index (κ2) is 5.54. The third kappa shape index (κ3) is 2.98. The summed E-state index contributed by atoms with van der Waals surface area (Å²) in [6.45, 7) is 9.17. The average Bonchev–Trinajstić information content (AvgIpc) is 2.71. The molecule has 21 heavy (non-hydrogen) atoms. The van der Waals surface area contributed by atoms with E-state index < -0.39 is 0 Å². The van der Waals surface area contributed by atoms with E-state index in [1.165, 1.54) is 26.4 Å². The van der Waals surface area contributed by atoms with Gasteiger partial charge >= 0.3 is 5.97 Å². The predicted molar refractivity (Wildman–Crippen MR) is 82.8 cm³/mol. The van der Waals surface area contributed by atoms with Gasteiger partial charge in [0.1, 0.15) is 6.54 Å². The molecule has 4 nitrogen and oxygen atoms in total. The van der Waals surface area contributed by atoms with Crippen molar-refractivity contribution in [3.8, 4) is 0 Å². The Morgan fingerprint density at radius 1 is 1.29 bits per heavy atom. The summed E-state index contributed by atoms with van der Waals surface area (Å²) in [5.41, 5.74) is 0.714. The molecule has 0 amide bonds. The number of likely N-dealkylation sites (N-methyl/N-ethyl adjacent to an activating group) is 1. The molecule has 0 unspecified atom stereocenters. The van der Waals surface area contributed by atoms with Crippen LogP contribution in [-0.4, -0.2) is 57.5 Å². The summed E-state index contributed by atoms with van der Waals surface area (Å²) in [6.07, 6.45) is 4.22. The van der Waals surface area contributed by atoms with Crippen molar-refractivity contribution in [2.24, 2.45) is 16.7 Å². The highest BCUT2D eigenvalue weighted by atomic mass is 16.5. The van der Waals surface area contributed by atoms with Crippen LogP contribution in [0.5, 0.6) is 0 Å². The minimum absolute atomic E-state index is 0.159. The fourth-order valence-corrected chi connectivity index (χ4v) is 4.32. The second-order valence-corrected chi connectivity index (χ2v) is 8.36. The molecule has 0 heterocycles. The zero-order valence-electron chi connectivity index (χ0n) is 14.6. The topological polar surface area (TPSA) is 35.5 Å². The normalized spacial score (nSPS) is 34.2. The van der Waals surface area contributed by atoms with Crippen molar-refractivity contribution < 1.29 is 18.8 Å². The molecule has 122 valence electrons. The number of carbonyl (C=O) groups is 1. The highest BCUT2D eigenvalue weighted by Crippen LogP contribution is 2.66. The lowest BCUT2D eigenvalue weighted by atomic mass is 9.70. The number of nitrogens with zero attached hydrogens (tertiary/aromatic N) is 1. The number of esters is 1. The van der Waals surface area contributed by atoms with E-state index in [1.807, 2.05) is 14.1 Å². The zero-order valence-corrected chi connectivity index (χ0v) is 14.6. The molecule has 0 radical (unpaired) electrons. The Labute approximate surface area is 129 Å². The van der Waals surface area contributed by atoms with Gasteiger partial charge < -0.3 is 14.0 Å². The molecular formula is C17H32NO3+. The number of ether oxygens (including phenoxy) is 2. The van der Waals surface area contributed by atoms with Crippen molar-refractivity contribution in [1.29, 1.82) is 0 Å². The minimum atomic E-state index is -0.159. The molecule has 2 bridgehead atoms. The predicted octanol–water partition coefficient (Wildman–Crippen LogP) is 2.47. The van der Waals surface area contributed by atoms with Crippen molar-refractivity contribution in [2.45, 2.75) is 46.1 Å². The van der Waals surface area contributed by atoms with Crippen LogP contribution in [0.2, 0.25) is 0 Å². The molecule has 0 aliphatic heterocycles. The van der Waals surface area contributed by atoms with E-state index in [1.54, 1.807) is 0 Å². The van der Waals surface area contributed by atoms with Crippen LogP contribution in [0.3, 0.4) is 0 Å². The summed E-state index contributed by atoms with van der Waals surface area (Å²) in [6, 6.07) is 0. The van der Waals surface area contributed by atoms with Crippen molar-refractivity contribution in [3.63, 3.8) is 0 Å². The van der Waals surface area contributed by atoms with E-state index in [9.17, 15) is 4.79 Å².